The maximum atomic E-state index is 9.37. The van der Waals surface area contributed by atoms with Crippen LogP contribution in [0, 0.1) is 11.3 Å². The summed E-state index contributed by atoms with van der Waals surface area (Å²) < 4.78 is 0. The van der Waals surface area contributed by atoms with Gasteiger partial charge in [0.1, 0.15) is 6.07 Å². The highest BCUT2D eigenvalue weighted by Crippen LogP contribution is 2.28. The fourth-order valence-corrected chi connectivity index (χ4v) is 2.76. The zero-order chi connectivity index (χ0) is 13.9. The summed E-state index contributed by atoms with van der Waals surface area (Å²) in [4.78, 5) is 4.73. The lowest BCUT2D eigenvalue weighted by Gasteiger charge is -2.17. The molecule has 1 aromatic carbocycles. The van der Waals surface area contributed by atoms with E-state index in [1.807, 2.05) is 30.3 Å². The van der Waals surface area contributed by atoms with E-state index in [1.54, 1.807) is 0 Å². The van der Waals surface area contributed by atoms with Gasteiger partial charge in [0.05, 0.1) is 17.9 Å². The largest absolute Gasteiger partial charge is 0.392 e. The number of nitriles is 1. The molecule has 0 unspecified atom stereocenters. The average molecular weight is 264 g/mol. The van der Waals surface area contributed by atoms with Crippen molar-refractivity contribution in [2.24, 2.45) is 0 Å². The van der Waals surface area contributed by atoms with Gasteiger partial charge >= 0.3 is 0 Å². The van der Waals surface area contributed by atoms with Crippen molar-refractivity contribution < 1.29 is 5.11 Å². The maximum Gasteiger partial charge on any atom is 0.101 e. The van der Waals surface area contributed by atoms with Crippen LogP contribution in [-0.4, -0.2) is 10.1 Å². The van der Waals surface area contributed by atoms with Crippen LogP contribution in [0.25, 0.3) is 11.3 Å². The van der Waals surface area contributed by atoms with Crippen LogP contribution in [0.2, 0.25) is 0 Å². The van der Waals surface area contributed by atoms with Crippen molar-refractivity contribution in [1.82, 2.24) is 4.98 Å². The van der Waals surface area contributed by atoms with E-state index >= 15 is 0 Å². The van der Waals surface area contributed by atoms with E-state index in [9.17, 15) is 10.4 Å². The zero-order valence-electron chi connectivity index (χ0n) is 11.3. The summed E-state index contributed by atoms with van der Waals surface area (Å²) in [6, 6.07) is 11.8. The molecule has 0 fully saturated rings. The van der Waals surface area contributed by atoms with Gasteiger partial charge in [0.15, 0.2) is 0 Å². The molecule has 0 atom stereocenters. The molecule has 20 heavy (non-hydrogen) atoms. The van der Waals surface area contributed by atoms with Gasteiger partial charge in [-0.15, -0.1) is 0 Å². The van der Waals surface area contributed by atoms with E-state index in [1.165, 1.54) is 18.4 Å². The number of aromatic nitrogens is 1. The molecule has 3 heteroatoms. The molecule has 0 spiro atoms. The van der Waals surface area contributed by atoms with Gasteiger partial charge in [-0.1, -0.05) is 18.2 Å². The number of nitrogens with zero attached hydrogens (tertiary/aromatic N) is 2. The molecule has 1 aromatic heterocycles. The molecule has 1 N–H and O–H groups in total. The van der Waals surface area contributed by atoms with Crippen LogP contribution in [0.1, 0.15) is 35.2 Å². The zero-order valence-corrected chi connectivity index (χ0v) is 11.3. The van der Waals surface area contributed by atoms with Gasteiger partial charge in [-0.2, -0.15) is 5.26 Å². The number of aryl methyl sites for hydroxylation is 2. The Bertz CT molecular complexity index is 686. The predicted molar refractivity (Wildman–Crippen MR) is 77.0 cm³/mol. The summed E-state index contributed by atoms with van der Waals surface area (Å²) in [7, 11) is 0. The lowest BCUT2D eigenvalue weighted by atomic mass is 9.93. The molecule has 1 aliphatic carbocycles. The summed E-state index contributed by atoms with van der Waals surface area (Å²) in [6.45, 7) is 0.000662. The Kier molecular flexibility index (Phi) is 3.49. The number of benzene rings is 1. The van der Waals surface area contributed by atoms with E-state index in [0.717, 1.165) is 35.4 Å². The molecule has 0 aliphatic heterocycles. The molecular weight excluding hydrogens is 248 g/mol. The average Bonchev–Trinajstić information content (AvgIpc) is 2.53. The lowest BCUT2D eigenvalue weighted by Crippen LogP contribution is -2.07. The first kappa shape index (κ1) is 12.8. The number of hydrogen-bond acceptors (Lipinski definition) is 3. The van der Waals surface area contributed by atoms with Gasteiger partial charge in [-0.3, -0.25) is 4.98 Å². The number of aliphatic hydroxyl groups is 1. The Hall–Kier alpha value is -2.18. The summed E-state index contributed by atoms with van der Waals surface area (Å²) in [5.74, 6) is 0. The molecule has 100 valence electrons. The van der Waals surface area contributed by atoms with Crippen LogP contribution in [0.15, 0.2) is 30.3 Å². The van der Waals surface area contributed by atoms with Gasteiger partial charge in [-0.25, -0.2) is 0 Å². The minimum absolute atomic E-state index is 0.000662. The molecule has 1 aliphatic rings. The van der Waals surface area contributed by atoms with Crippen LogP contribution in [0.5, 0.6) is 0 Å². The third-order valence-electron chi connectivity index (χ3n) is 3.80. The SMILES string of the molecule is N#Cc1cc2c(nc1-c1cccc(CO)c1)CCCC2. The molecule has 0 bridgehead atoms. The Morgan fingerprint density at radius 3 is 2.85 bits per heavy atom. The van der Waals surface area contributed by atoms with Gasteiger partial charge < -0.3 is 5.11 Å². The molecule has 1 heterocycles. The fraction of sp³-hybridized carbons (Fsp3) is 0.294. The number of pyridine rings is 1. The second-order valence-corrected chi connectivity index (χ2v) is 5.17. The molecule has 0 radical (unpaired) electrons. The van der Waals surface area contributed by atoms with E-state index < -0.39 is 0 Å². The van der Waals surface area contributed by atoms with Gasteiger partial charge in [-0.05, 0) is 48.9 Å². The molecule has 2 aromatic rings. The minimum atomic E-state index is 0.000662. The molecular formula is C17H16N2O. The molecule has 3 rings (SSSR count). The normalized spacial score (nSPS) is 13.6. The van der Waals surface area contributed by atoms with Crippen molar-refractivity contribution in [3.8, 4) is 17.3 Å². The van der Waals surface area contributed by atoms with Crippen molar-refractivity contribution in [2.45, 2.75) is 32.3 Å². The van der Waals surface area contributed by atoms with Crippen LogP contribution in [0.4, 0.5) is 0 Å². The second-order valence-electron chi connectivity index (χ2n) is 5.17. The van der Waals surface area contributed by atoms with Crippen molar-refractivity contribution in [1.29, 1.82) is 5.26 Å². The number of aliphatic hydroxyl groups excluding tert-OH is 1. The highest BCUT2D eigenvalue weighted by atomic mass is 16.3. The van der Waals surface area contributed by atoms with Gasteiger partial charge in [0.25, 0.3) is 0 Å². The number of hydrogen-bond donors (Lipinski definition) is 1. The number of rotatable bonds is 2. The number of fused-ring (bicyclic) bond motifs is 1. The molecule has 0 saturated heterocycles. The van der Waals surface area contributed by atoms with Crippen molar-refractivity contribution in [3.63, 3.8) is 0 Å². The highest BCUT2D eigenvalue weighted by Gasteiger charge is 2.16. The first-order chi connectivity index (χ1) is 9.81. The first-order valence-corrected chi connectivity index (χ1v) is 6.95. The van der Waals surface area contributed by atoms with E-state index in [0.29, 0.717) is 5.56 Å². The monoisotopic (exact) mass is 264 g/mol. The van der Waals surface area contributed by atoms with E-state index in [4.69, 9.17) is 4.98 Å². The second kappa shape index (κ2) is 5.44. The van der Waals surface area contributed by atoms with E-state index in [-0.39, 0.29) is 6.61 Å². The van der Waals surface area contributed by atoms with Crippen LogP contribution < -0.4 is 0 Å². The summed E-state index contributed by atoms with van der Waals surface area (Å²) in [6.07, 6.45) is 4.36. The van der Waals surface area contributed by atoms with Crippen LogP contribution in [0.3, 0.4) is 0 Å². The highest BCUT2D eigenvalue weighted by molar-refractivity contribution is 5.68. The quantitative estimate of drug-likeness (QED) is 0.907. The first-order valence-electron chi connectivity index (χ1n) is 6.95. The van der Waals surface area contributed by atoms with Gasteiger partial charge in [0, 0.05) is 11.3 Å². The van der Waals surface area contributed by atoms with Gasteiger partial charge in [0.2, 0.25) is 0 Å². The summed E-state index contributed by atoms with van der Waals surface area (Å²) in [5, 5.41) is 18.6. The summed E-state index contributed by atoms with van der Waals surface area (Å²) in [5.41, 5.74) is 5.45. The van der Waals surface area contributed by atoms with Crippen molar-refractivity contribution in [2.75, 3.05) is 0 Å². The summed E-state index contributed by atoms with van der Waals surface area (Å²) >= 11 is 0. The Morgan fingerprint density at radius 2 is 2.05 bits per heavy atom. The Morgan fingerprint density at radius 1 is 1.20 bits per heavy atom. The van der Waals surface area contributed by atoms with Crippen molar-refractivity contribution in [3.05, 3.63) is 52.7 Å². The van der Waals surface area contributed by atoms with Crippen molar-refractivity contribution >= 4 is 0 Å². The van der Waals surface area contributed by atoms with E-state index in [2.05, 4.69) is 6.07 Å². The lowest BCUT2D eigenvalue weighted by molar-refractivity contribution is 0.282. The van der Waals surface area contributed by atoms with Crippen LogP contribution in [-0.2, 0) is 19.4 Å². The maximum absolute atomic E-state index is 9.37. The fourth-order valence-electron chi connectivity index (χ4n) is 2.76. The van der Waals surface area contributed by atoms with Crippen LogP contribution >= 0.6 is 0 Å². The predicted octanol–water partition coefficient (Wildman–Crippen LogP) is 2.99. The molecule has 0 saturated carbocycles. The third-order valence-corrected chi connectivity index (χ3v) is 3.80. The Balaban J connectivity index is 2.14. The third kappa shape index (κ3) is 2.31. The molecule has 0 amide bonds. The minimum Gasteiger partial charge on any atom is -0.392 e. The molecule has 3 nitrogen and oxygen atoms in total. The smallest absolute Gasteiger partial charge is 0.101 e. The Labute approximate surface area is 118 Å². The standard InChI is InChI=1S/C17H16N2O/c18-10-15-9-13-5-1-2-7-16(13)19-17(15)14-6-3-4-12(8-14)11-20/h3-4,6,8-9,20H,1-2,5,7,11H2. The topological polar surface area (TPSA) is 56.9 Å².